The first kappa shape index (κ1) is 11.1. The lowest BCUT2D eigenvalue weighted by molar-refractivity contribution is 0.0599. The van der Waals surface area contributed by atoms with Crippen LogP contribution in [-0.2, 0) is 4.74 Å². The van der Waals surface area contributed by atoms with Crippen molar-refractivity contribution in [1.29, 1.82) is 5.26 Å². The molecular weight excluding hydrogens is 194 g/mol. The molecule has 15 heavy (non-hydrogen) atoms. The molecule has 0 unspecified atom stereocenters. The van der Waals surface area contributed by atoms with Gasteiger partial charge in [0.2, 0.25) is 0 Å². The molecule has 78 valence electrons. The molecule has 0 bridgehead atoms. The van der Waals surface area contributed by atoms with Gasteiger partial charge in [-0.3, -0.25) is 0 Å². The molecule has 0 saturated carbocycles. The summed E-state index contributed by atoms with van der Waals surface area (Å²) in [7, 11) is 2.79. The van der Waals surface area contributed by atoms with E-state index in [9.17, 15) is 4.79 Å². The second-order valence-electron chi connectivity index (χ2n) is 2.95. The molecule has 0 saturated heterocycles. The Bertz CT molecular complexity index is 432. The first-order valence-corrected chi connectivity index (χ1v) is 4.31. The number of nitriles is 1. The van der Waals surface area contributed by atoms with Gasteiger partial charge in [0.15, 0.2) is 0 Å². The van der Waals surface area contributed by atoms with E-state index < -0.39 is 5.97 Å². The Kier molecular flexibility index (Phi) is 3.29. The number of carbonyl (C=O) groups is 1. The summed E-state index contributed by atoms with van der Waals surface area (Å²) in [5.41, 5.74) is 1.40. The molecule has 0 heterocycles. The molecule has 4 nitrogen and oxygen atoms in total. The van der Waals surface area contributed by atoms with Crippen molar-refractivity contribution in [1.82, 2.24) is 0 Å². The Hall–Kier alpha value is -2.02. The summed E-state index contributed by atoms with van der Waals surface area (Å²) in [6, 6.07) is 5.04. The number of hydrogen-bond donors (Lipinski definition) is 0. The van der Waals surface area contributed by atoms with Gasteiger partial charge in [-0.05, 0) is 19.1 Å². The zero-order chi connectivity index (χ0) is 11.4. The number of rotatable bonds is 2. The van der Waals surface area contributed by atoms with Crippen LogP contribution in [0.25, 0.3) is 0 Å². The minimum atomic E-state index is -0.470. The van der Waals surface area contributed by atoms with Crippen LogP contribution < -0.4 is 4.74 Å². The fraction of sp³-hybridized carbons (Fsp3) is 0.273. The summed E-state index contributed by atoms with van der Waals surface area (Å²) in [5.74, 6) is 0.0392. The van der Waals surface area contributed by atoms with Crippen molar-refractivity contribution in [2.24, 2.45) is 0 Å². The molecule has 0 amide bonds. The topological polar surface area (TPSA) is 59.3 Å². The summed E-state index contributed by atoms with van der Waals surface area (Å²) < 4.78 is 9.68. The van der Waals surface area contributed by atoms with Crippen molar-refractivity contribution >= 4 is 5.97 Å². The highest BCUT2D eigenvalue weighted by Crippen LogP contribution is 2.23. The number of nitrogens with zero attached hydrogens (tertiary/aromatic N) is 1. The van der Waals surface area contributed by atoms with Crippen LogP contribution in [0, 0.1) is 18.3 Å². The molecule has 0 aromatic heterocycles. The molecule has 1 aromatic rings. The molecule has 0 spiro atoms. The van der Waals surface area contributed by atoms with Gasteiger partial charge in [-0.25, -0.2) is 4.79 Å². The second-order valence-corrected chi connectivity index (χ2v) is 2.95. The summed E-state index contributed by atoms with van der Waals surface area (Å²) in [6.07, 6.45) is 0. The maximum absolute atomic E-state index is 11.4. The van der Waals surface area contributed by atoms with Crippen LogP contribution in [0.2, 0.25) is 0 Å². The zero-order valence-electron chi connectivity index (χ0n) is 8.83. The van der Waals surface area contributed by atoms with Crippen molar-refractivity contribution in [2.45, 2.75) is 6.92 Å². The molecule has 1 rings (SSSR count). The average molecular weight is 205 g/mol. The smallest absolute Gasteiger partial charge is 0.338 e. The average Bonchev–Trinajstić information content (AvgIpc) is 2.28. The monoisotopic (exact) mass is 205 g/mol. The summed E-state index contributed by atoms with van der Waals surface area (Å²) in [6.45, 7) is 1.74. The van der Waals surface area contributed by atoms with Gasteiger partial charge in [0.1, 0.15) is 5.75 Å². The van der Waals surface area contributed by atoms with Crippen LogP contribution in [-0.4, -0.2) is 20.2 Å². The lowest BCUT2D eigenvalue weighted by atomic mass is 10.0. The maximum atomic E-state index is 11.4. The summed E-state index contributed by atoms with van der Waals surface area (Å²) in [5, 5.41) is 8.77. The molecule has 0 aliphatic heterocycles. The van der Waals surface area contributed by atoms with Crippen molar-refractivity contribution in [2.75, 3.05) is 14.2 Å². The van der Waals surface area contributed by atoms with E-state index in [1.807, 2.05) is 6.07 Å². The quantitative estimate of drug-likeness (QED) is 0.689. The van der Waals surface area contributed by atoms with E-state index in [1.165, 1.54) is 20.3 Å². The number of hydrogen-bond acceptors (Lipinski definition) is 4. The maximum Gasteiger partial charge on any atom is 0.338 e. The fourth-order valence-electron chi connectivity index (χ4n) is 1.29. The molecule has 1 aromatic carbocycles. The minimum absolute atomic E-state index is 0.355. The van der Waals surface area contributed by atoms with E-state index in [1.54, 1.807) is 13.0 Å². The molecule has 4 heteroatoms. The standard InChI is InChI=1S/C11H11NO3/c1-7-9(11(13)15-3)4-8(6-12)5-10(7)14-2/h4-5H,1-3H3. The summed E-state index contributed by atoms with van der Waals surface area (Å²) in [4.78, 5) is 11.4. The van der Waals surface area contributed by atoms with Gasteiger partial charge in [-0.15, -0.1) is 0 Å². The van der Waals surface area contributed by atoms with Gasteiger partial charge in [0.25, 0.3) is 0 Å². The Morgan fingerprint density at radius 2 is 2.07 bits per heavy atom. The van der Waals surface area contributed by atoms with E-state index in [4.69, 9.17) is 10.00 Å². The Morgan fingerprint density at radius 1 is 1.40 bits per heavy atom. The van der Waals surface area contributed by atoms with Gasteiger partial charge < -0.3 is 9.47 Å². The first-order valence-electron chi connectivity index (χ1n) is 4.31. The van der Waals surface area contributed by atoms with E-state index in [-0.39, 0.29) is 0 Å². The SMILES string of the molecule is COC(=O)c1cc(C#N)cc(OC)c1C. The van der Waals surface area contributed by atoms with Crippen molar-refractivity contribution < 1.29 is 14.3 Å². The molecule has 0 N–H and O–H groups in total. The van der Waals surface area contributed by atoms with E-state index in [0.717, 1.165) is 0 Å². The molecular formula is C11H11NO3. The molecule has 0 fully saturated rings. The summed E-state index contributed by atoms with van der Waals surface area (Å²) >= 11 is 0. The third kappa shape index (κ3) is 2.08. The molecule has 0 atom stereocenters. The van der Waals surface area contributed by atoms with Gasteiger partial charge in [-0.1, -0.05) is 0 Å². The predicted molar refractivity (Wildman–Crippen MR) is 53.8 cm³/mol. The Balaban J connectivity index is 3.38. The lowest BCUT2D eigenvalue weighted by Gasteiger charge is -2.09. The Labute approximate surface area is 88.0 Å². The zero-order valence-corrected chi connectivity index (χ0v) is 8.83. The van der Waals surface area contributed by atoms with Gasteiger partial charge in [0, 0.05) is 5.56 Å². The van der Waals surface area contributed by atoms with Crippen molar-refractivity contribution in [3.05, 3.63) is 28.8 Å². The third-order valence-electron chi connectivity index (χ3n) is 2.11. The van der Waals surface area contributed by atoms with E-state index in [0.29, 0.717) is 22.4 Å². The van der Waals surface area contributed by atoms with Crippen LogP contribution in [0.1, 0.15) is 21.5 Å². The van der Waals surface area contributed by atoms with Crippen LogP contribution in [0.3, 0.4) is 0 Å². The number of carbonyl (C=O) groups excluding carboxylic acids is 1. The Morgan fingerprint density at radius 3 is 2.53 bits per heavy atom. The van der Waals surface area contributed by atoms with E-state index in [2.05, 4.69) is 4.74 Å². The third-order valence-corrected chi connectivity index (χ3v) is 2.11. The number of ether oxygens (including phenoxy) is 2. The number of esters is 1. The van der Waals surface area contributed by atoms with Crippen LogP contribution in [0.5, 0.6) is 5.75 Å². The van der Waals surface area contributed by atoms with Crippen molar-refractivity contribution in [3.8, 4) is 11.8 Å². The first-order chi connectivity index (χ1) is 7.13. The largest absolute Gasteiger partial charge is 0.496 e. The van der Waals surface area contributed by atoms with Gasteiger partial charge in [0.05, 0.1) is 31.4 Å². The number of benzene rings is 1. The van der Waals surface area contributed by atoms with Crippen LogP contribution >= 0.6 is 0 Å². The van der Waals surface area contributed by atoms with E-state index >= 15 is 0 Å². The highest BCUT2D eigenvalue weighted by atomic mass is 16.5. The highest BCUT2D eigenvalue weighted by Gasteiger charge is 2.14. The number of methoxy groups -OCH3 is 2. The predicted octanol–water partition coefficient (Wildman–Crippen LogP) is 1.66. The normalized spacial score (nSPS) is 9.20. The fourth-order valence-corrected chi connectivity index (χ4v) is 1.29. The van der Waals surface area contributed by atoms with Gasteiger partial charge in [-0.2, -0.15) is 5.26 Å². The second kappa shape index (κ2) is 4.47. The molecule has 0 aliphatic rings. The molecule has 0 aliphatic carbocycles. The van der Waals surface area contributed by atoms with Crippen LogP contribution in [0.15, 0.2) is 12.1 Å². The highest BCUT2D eigenvalue weighted by molar-refractivity contribution is 5.92. The van der Waals surface area contributed by atoms with Gasteiger partial charge >= 0.3 is 5.97 Å². The minimum Gasteiger partial charge on any atom is -0.496 e. The van der Waals surface area contributed by atoms with Crippen LogP contribution in [0.4, 0.5) is 0 Å². The molecule has 0 radical (unpaired) electrons. The van der Waals surface area contributed by atoms with Crippen molar-refractivity contribution in [3.63, 3.8) is 0 Å². The lowest BCUT2D eigenvalue weighted by Crippen LogP contribution is -2.05.